The first-order chi connectivity index (χ1) is 11.3. The van der Waals surface area contributed by atoms with E-state index in [1.54, 1.807) is 36.4 Å². The maximum Gasteiger partial charge on any atom is 0.339 e. The number of carbonyl (C=O) groups is 1. The molecule has 0 atom stereocenters. The SMILES string of the molecule is CN(Cc1ccc(/C=N/NC(=O)Nc2ccccc2)o1)S(C)(=O)=O. The fraction of sp³-hybridized carbons (Fsp3) is 0.200. The van der Waals surface area contributed by atoms with E-state index in [0.717, 1.165) is 10.6 Å². The summed E-state index contributed by atoms with van der Waals surface area (Å²) in [4.78, 5) is 11.6. The molecule has 0 spiro atoms. The molecule has 0 aliphatic carbocycles. The van der Waals surface area contributed by atoms with Gasteiger partial charge in [-0.15, -0.1) is 0 Å². The molecule has 0 bridgehead atoms. The van der Waals surface area contributed by atoms with Gasteiger partial charge in [0.1, 0.15) is 11.5 Å². The van der Waals surface area contributed by atoms with E-state index >= 15 is 0 Å². The second-order valence-corrected chi connectivity index (χ2v) is 7.10. The lowest BCUT2D eigenvalue weighted by atomic mass is 10.3. The molecule has 2 amide bonds. The number of para-hydroxylation sites is 1. The Bertz CT molecular complexity index is 815. The number of nitrogens with one attached hydrogen (secondary N) is 2. The summed E-state index contributed by atoms with van der Waals surface area (Å²) in [6, 6.07) is 11.7. The summed E-state index contributed by atoms with van der Waals surface area (Å²) in [6.07, 6.45) is 2.45. The molecule has 2 aromatic rings. The fourth-order valence-corrected chi connectivity index (χ4v) is 2.08. The number of carbonyl (C=O) groups excluding carboxylic acids is 1. The van der Waals surface area contributed by atoms with Crippen LogP contribution in [0, 0.1) is 0 Å². The van der Waals surface area contributed by atoms with Gasteiger partial charge in [0, 0.05) is 12.7 Å². The predicted octanol–water partition coefficient (Wildman–Crippen LogP) is 1.83. The van der Waals surface area contributed by atoms with Crippen LogP contribution in [0.2, 0.25) is 0 Å². The molecular formula is C15H18N4O4S. The van der Waals surface area contributed by atoms with E-state index in [2.05, 4.69) is 15.8 Å². The van der Waals surface area contributed by atoms with Crippen molar-refractivity contribution in [1.82, 2.24) is 9.73 Å². The normalized spacial score (nSPS) is 11.8. The van der Waals surface area contributed by atoms with Crippen molar-refractivity contribution in [3.63, 3.8) is 0 Å². The fourth-order valence-electron chi connectivity index (χ4n) is 1.72. The Morgan fingerprint density at radius 3 is 2.62 bits per heavy atom. The Kier molecular flexibility index (Phi) is 5.72. The minimum Gasteiger partial charge on any atom is -0.459 e. The lowest BCUT2D eigenvalue weighted by molar-refractivity contribution is 0.252. The average Bonchev–Trinajstić information content (AvgIpc) is 2.94. The summed E-state index contributed by atoms with van der Waals surface area (Å²) in [7, 11) is -1.82. The molecule has 0 unspecified atom stereocenters. The van der Waals surface area contributed by atoms with Crippen molar-refractivity contribution in [3.8, 4) is 0 Å². The van der Waals surface area contributed by atoms with Crippen molar-refractivity contribution in [2.24, 2.45) is 5.10 Å². The number of benzene rings is 1. The Labute approximate surface area is 140 Å². The van der Waals surface area contributed by atoms with E-state index < -0.39 is 16.1 Å². The summed E-state index contributed by atoms with van der Waals surface area (Å²) in [5, 5.41) is 6.37. The average molecular weight is 350 g/mol. The molecule has 1 aromatic carbocycles. The summed E-state index contributed by atoms with van der Waals surface area (Å²) < 4.78 is 29.3. The van der Waals surface area contributed by atoms with Crippen molar-refractivity contribution in [2.45, 2.75) is 6.54 Å². The van der Waals surface area contributed by atoms with Gasteiger partial charge in [0.15, 0.2) is 0 Å². The van der Waals surface area contributed by atoms with Crippen molar-refractivity contribution in [3.05, 3.63) is 54.0 Å². The highest BCUT2D eigenvalue weighted by atomic mass is 32.2. The van der Waals surface area contributed by atoms with Gasteiger partial charge in [0.05, 0.1) is 19.0 Å². The lowest BCUT2D eigenvalue weighted by Crippen LogP contribution is -2.24. The van der Waals surface area contributed by atoms with Crippen molar-refractivity contribution >= 4 is 28.0 Å². The molecule has 1 heterocycles. The molecular weight excluding hydrogens is 332 g/mol. The first-order valence-electron chi connectivity index (χ1n) is 7.00. The highest BCUT2D eigenvalue weighted by Crippen LogP contribution is 2.10. The zero-order valence-electron chi connectivity index (χ0n) is 13.3. The number of rotatable bonds is 6. The second-order valence-electron chi connectivity index (χ2n) is 5.01. The topological polar surface area (TPSA) is 104 Å². The van der Waals surface area contributed by atoms with Crippen LogP contribution >= 0.6 is 0 Å². The van der Waals surface area contributed by atoms with Crippen LogP contribution in [-0.4, -0.2) is 38.3 Å². The van der Waals surface area contributed by atoms with Crippen LogP contribution in [0.4, 0.5) is 10.5 Å². The quantitative estimate of drug-likeness (QED) is 0.612. The van der Waals surface area contributed by atoms with Gasteiger partial charge < -0.3 is 9.73 Å². The highest BCUT2D eigenvalue weighted by Gasteiger charge is 2.13. The zero-order chi connectivity index (χ0) is 17.6. The minimum atomic E-state index is -3.28. The van der Waals surface area contributed by atoms with Crippen LogP contribution < -0.4 is 10.7 Å². The maximum atomic E-state index is 11.6. The van der Waals surface area contributed by atoms with E-state index in [4.69, 9.17) is 4.42 Å². The third kappa shape index (κ3) is 5.52. The van der Waals surface area contributed by atoms with Gasteiger partial charge in [-0.3, -0.25) is 0 Å². The van der Waals surface area contributed by atoms with E-state index in [-0.39, 0.29) is 6.54 Å². The summed E-state index contributed by atoms with van der Waals surface area (Å²) in [6.45, 7) is 0.120. The van der Waals surface area contributed by atoms with Gasteiger partial charge >= 0.3 is 6.03 Å². The maximum absolute atomic E-state index is 11.6. The monoisotopic (exact) mass is 350 g/mol. The first-order valence-corrected chi connectivity index (χ1v) is 8.84. The first kappa shape index (κ1) is 17.7. The molecule has 9 heteroatoms. The van der Waals surface area contributed by atoms with Gasteiger partial charge in [-0.05, 0) is 24.3 Å². The molecule has 0 aliphatic heterocycles. The zero-order valence-corrected chi connectivity index (χ0v) is 14.1. The molecule has 24 heavy (non-hydrogen) atoms. The number of hydrazone groups is 1. The molecule has 0 saturated heterocycles. The third-order valence-corrected chi connectivity index (χ3v) is 4.28. The Morgan fingerprint density at radius 2 is 1.96 bits per heavy atom. The van der Waals surface area contributed by atoms with Gasteiger partial charge in [0.2, 0.25) is 10.0 Å². The van der Waals surface area contributed by atoms with Crippen LogP contribution in [0.15, 0.2) is 52.0 Å². The van der Waals surface area contributed by atoms with Gasteiger partial charge in [-0.1, -0.05) is 18.2 Å². The lowest BCUT2D eigenvalue weighted by Gasteiger charge is -2.11. The molecule has 128 valence electrons. The summed E-state index contributed by atoms with van der Waals surface area (Å²) in [5.41, 5.74) is 2.95. The van der Waals surface area contributed by atoms with Crippen molar-refractivity contribution < 1.29 is 17.6 Å². The molecule has 0 saturated carbocycles. The van der Waals surface area contributed by atoms with Gasteiger partial charge in [-0.25, -0.2) is 18.6 Å². The van der Waals surface area contributed by atoms with Crippen molar-refractivity contribution in [1.29, 1.82) is 0 Å². The second kappa shape index (κ2) is 7.75. The van der Waals surface area contributed by atoms with E-state index in [1.165, 1.54) is 13.3 Å². The minimum absolute atomic E-state index is 0.120. The van der Waals surface area contributed by atoms with Crippen LogP contribution in [0.1, 0.15) is 11.5 Å². The standard InChI is InChI=1S/C15H18N4O4S/c1-19(24(2,21)22)11-14-9-8-13(23-14)10-16-18-15(20)17-12-6-4-3-5-7-12/h3-10H,11H2,1-2H3,(H2,17,18,20)/b16-10+. The summed E-state index contributed by atoms with van der Waals surface area (Å²) in [5.74, 6) is 0.866. The van der Waals surface area contributed by atoms with Crippen molar-refractivity contribution in [2.75, 3.05) is 18.6 Å². The molecule has 2 N–H and O–H groups in total. The number of furan rings is 1. The number of hydrogen-bond donors (Lipinski definition) is 2. The Balaban J connectivity index is 1.85. The highest BCUT2D eigenvalue weighted by molar-refractivity contribution is 7.88. The smallest absolute Gasteiger partial charge is 0.339 e. The number of nitrogens with zero attached hydrogens (tertiary/aromatic N) is 2. The summed E-state index contributed by atoms with van der Waals surface area (Å²) >= 11 is 0. The molecule has 8 nitrogen and oxygen atoms in total. The molecule has 0 fully saturated rings. The Morgan fingerprint density at radius 1 is 1.25 bits per heavy atom. The van der Waals surface area contributed by atoms with E-state index in [1.807, 2.05) is 6.07 Å². The number of amides is 2. The van der Waals surface area contributed by atoms with Crippen LogP contribution in [-0.2, 0) is 16.6 Å². The molecule has 0 aliphatic rings. The largest absolute Gasteiger partial charge is 0.459 e. The van der Waals surface area contributed by atoms with Crippen LogP contribution in [0.3, 0.4) is 0 Å². The number of urea groups is 1. The van der Waals surface area contributed by atoms with E-state index in [9.17, 15) is 13.2 Å². The number of sulfonamides is 1. The Hall–Kier alpha value is -2.65. The van der Waals surface area contributed by atoms with E-state index in [0.29, 0.717) is 17.2 Å². The van der Waals surface area contributed by atoms with Crippen LogP contribution in [0.5, 0.6) is 0 Å². The molecule has 1 aromatic heterocycles. The molecule has 2 rings (SSSR count). The predicted molar refractivity (Wildman–Crippen MR) is 91.2 cm³/mol. The third-order valence-electron chi connectivity index (χ3n) is 3.02. The number of anilines is 1. The van der Waals surface area contributed by atoms with Crippen LogP contribution in [0.25, 0.3) is 0 Å². The number of hydrogen-bond acceptors (Lipinski definition) is 5. The molecule has 0 radical (unpaired) electrons. The van der Waals surface area contributed by atoms with Gasteiger partial charge in [-0.2, -0.15) is 9.41 Å². The van der Waals surface area contributed by atoms with Gasteiger partial charge in [0.25, 0.3) is 0 Å².